The molecule has 8 heteroatoms. The highest BCUT2D eigenvalue weighted by molar-refractivity contribution is 6.04. The van der Waals surface area contributed by atoms with Gasteiger partial charge in [0.05, 0.1) is 0 Å². The number of benzene rings is 3. The van der Waals surface area contributed by atoms with Gasteiger partial charge in [0.1, 0.15) is 35.2 Å². The minimum absolute atomic E-state index is 0.221. The van der Waals surface area contributed by atoms with Crippen molar-refractivity contribution in [3.63, 3.8) is 0 Å². The highest BCUT2D eigenvalue weighted by atomic mass is 16.5. The number of amides is 1. The Balaban J connectivity index is 1.21. The number of nitrogens with zero attached hydrogens (tertiary/aromatic N) is 4. The summed E-state index contributed by atoms with van der Waals surface area (Å²) in [7, 11) is 0. The number of hydrogen-bond acceptors (Lipinski definition) is 6. The van der Waals surface area contributed by atoms with Gasteiger partial charge in [0.15, 0.2) is 0 Å². The largest absolute Gasteiger partial charge is 0.457 e. The topological polar surface area (TPSA) is 91.2 Å². The first-order chi connectivity index (χ1) is 17.1. The van der Waals surface area contributed by atoms with Crippen LogP contribution in [0.25, 0.3) is 5.82 Å². The van der Waals surface area contributed by atoms with Gasteiger partial charge in [0.2, 0.25) is 5.88 Å². The van der Waals surface area contributed by atoms with E-state index >= 15 is 0 Å². The molecule has 3 aromatic carbocycles. The van der Waals surface area contributed by atoms with Crippen LogP contribution in [0.15, 0.2) is 104 Å². The van der Waals surface area contributed by atoms with E-state index in [1.165, 1.54) is 0 Å². The molecule has 1 N–H and O–H groups in total. The third-order valence-corrected chi connectivity index (χ3v) is 5.00. The second-order valence-corrected chi connectivity index (χ2v) is 7.60. The van der Waals surface area contributed by atoms with Crippen molar-refractivity contribution >= 4 is 11.6 Å². The first-order valence-corrected chi connectivity index (χ1v) is 10.9. The number of carbonyl (C=O) groups is 1. The molecule has 172 valence electrons. The monoisotopic (exact) mass is 463 g/mol. The van der Waals surface area contributed by atoms with Crippen LogP contribution in [0.1, 0.15) is 16.2 Å². The van der Waals surface area contributed by atoms with E-state index in [9.17, 15) is 4.79 Å². The second-order valence-electron chi connectivity index (χ2n) is 7.60. The van der Waals surface area contributed by atoms with E-state index in [-0.39, 0.29) is 5.91 Å². The van der Waals surface area contributed by atoms with Crippen molar-refractivity contribution in [1.82, 2.24) is 19.5 Å². The molecule has 5 rings (SSSR count). The van der Waals surface area contributed by atoms with Gasteiger partial charge in [-0.1, -0.05) is 18.2 Å². The second kappa shape index (κ2) is 9.88. The predicted octanol–water partition coefficient (Wildman–Crippen LogP) is 5.81. The smallest absolute Gasteiger partial charge is 0.255 e. The van der Waals surface area contributed by atoms with Crippen LogP contribution in [0.2, 0.25) is 0 Å². The molecule has 5 aromatic rings. The molecule has 0 spiro atoms. The molecule has 0 unspecified atom stereocenters. The van der Waals surface area contributed by atoms with E-state index in [0.29, 0.717) is 40.3 Å². The van der Waals surface area contributed by atoms with Gasteiger partial charge in [-0.25, -0.2) is 9.97 Å². The summed E-state index contributed by atoms with van der Waals surface area (Å²) in [5.74, 6) is 3.41. The lowest BCUT2D eigenvalue weighted by Crippen LogP contribution is -2.11. The van der Waals surface area contributed by atoms with Gasteiger partial charge in [-0.15, -0.1) is 0 Å². The summed E-state index contributed by atoms with van der Waals surface area (Å²) in [6, 6.07) is 25.3. The van der Waals surface area contributed by atoms with E-state index < -0.39 is 0 Å². The summed E-state index contributed by atoms with van der Waals surface area (Å²) < 4.78 is 13.4. The Morgan fingerprint density at radius 2 is 1.51 bits per heavy atom. The lowest BCUT2D eigenvalue weighted by Gasteiger charge is -2.10. The van der Waals surface area contributed by atoms with Gasteiger partial charge < -0.3 is 14.8 Å². The Morgan fingerprint density at radius 3 is 2.23 bits per heavy atom. The van der Waals surface area contributed by atoms with E-state index in [1.807, 2.05) is 30.3 Å². The van der Waals surface area contributed by atoms with Crippen LogP contribution in [0.3, 0.4) is 0 Å². The molecular formula is C27H21N5O3. The molecule has 0 saturated heterocycles. The van der Waals surface area contributed by atoms with Crippen molar-refractivity contribution in [2.45, 2.75) is 6.92 Å². The first-order valence-electron chi connectivity index (χ1n) is 10.9. The SMILES string of the molecule is Cc1nc(Oc2ccc(NC(=O)c3ccc(Oc4ccccc4)cc3)cc2)cc(-n2ccnc2)n1. The van der Waals surface area contributed by atoms with Crippen LogP contribution >= 0.6 is 0 Å². The zero-order chi connectivity index (χ0) is 24.0. The van der Waals surface area contributed by atoms with Crippen molar-refractivity contribution in [2.24, 2.45) is 0 Å². The van der Waals surface area contributed by atoms with Crippen molar-refractivity contribution in [3.8, 4) is 28.9 Å². The van der Waals surface area contributed by atoms with Crippen LogP contribution in [-0.4, -0.2) is 25.4 Å². The molecule has 2 heterocycles. The number of ether oxygens (including phenoxy) is 2. The third-order valence-electron chi connectivity index (χ3n) is 5.00. The number of aromatic nitrogens is 4. The fourth-order valence-electron chi connectivity index (χ4n) is 3.33. The Kier molecular flexibility index (Phi) is 6.17. The zero-order valence-corrected chi connectivity index (χ0v) is 18.8. The number of imidazole rings is 1. The lowest BCUT2D eigenvalue weighted by molar-refractivity contribution is 0.102. The molecule has 0 atom stereocenters. The van der Waals surface area contributed by atoms with Gasteiger partial charge in [0, 0.05) is 29.7 Å². The summed E-state index contributed by atoms with van der Waals surface area (Å²) in [5, 5.41) is 2.88. The number of para-hydroxylation sites is 1. The number of anilines is 1. The highest BCUT2D eigenvalue weighted by Crippen LogP contribution is 2.24. The summed E-state index contributed by atoms with van der Waals surface area (Å²) >= 11 is 0. The molecule has 0 fully saturated rings. The van der Waals surface area contributed by atoms with E-state index in [1.54, 1.807) is 84.8 Å². The van der Waals surface area contributed by atoms with E-state index in [0.717, 1.165) is 5.75 Å². The minimum Gasteiger partial charge on any atom is -0.457 e. The maximum absolute atomic E-state index is 12.6. The summed E-state index contributed by atoms with van der Waals surface area (Å²) in [4.78, 5) is 25.4. The predicted molar refractivity (Wildman–Crippen MR) is 131 cm³/mol. The molecule has 35 heavy (non-hydrogen) atoms. The highest BCUT2D eigenvalue weighted by Gasteiger charge is 2.09. The average molecular weight is 463 g/mol. The summed E-state index contributed by atoms with van der Waals surface area (Å²) in [6.07, 6.45) is 5.14. The number of nitrogens with one attached hydrogen (secondary N) is 1. The van der Waals surface area contributed by atoms with Crippen LogP contribution in [0, 0.1) is 6.92 Å². The average Bonchev–Trinajstić information content (AvgIpc) is 3.41. The van der Waals surface area contributed by atoms with Crippen LogP contribution < -0.4 is 14.8 Å². The molecule has 1 amide bonds. The van der Waals surface area contributed by atoms with Crippen LogP contribution in [0.4, 0.5) is 5.69 Å². The third kappa shape index (κ3) is 5.51. The van der Waals surface area contributed by atoms with Crippen molar-refractivity contribution in [2.75, 3.05) is 5.32 Å². The van der Waals surface area contributed by atoms with Gasteiger partial charge >= 0.3 is 0 Å². The fourth-order valence-corrected chi connectivity index (χ4v) is 3.33. The summed E-state index contributed by atoms with van der Waals surface area (Å²) in [6.45, 7) is 1.80. The first kappa shape index (κ1) is 21.8. The molecule has 0 aliphatic carbocycles. The number of aryl methyl sites for hydroxylation is 1. The van der Waals surface area contributed by atoms with Crippen LogP contribution in [-0.2, 0) is 0 Å². The normalized spacial score (nSPS) is 10.5. The van der Waals surface area contributed by atoms with Gasteiger partial charge in [0.25, 0.3) is 5.91 Å². The van der Waals surface area contributed by atoms with E-state index in [4.69, 9.17) is 9.47 Å². The molecule has 8 nitrogen and oxygen atoms in total. The van der Waals surface area contributed by atoms with Crippen molar-refractivity contribution < 1.29 is 14.3 Å². The molecule has 0 aliphatic rings. The van der Waals surface area contributed by atoms with E-state index in [2.05, 4.69) is 20.3 Å². The maximum atomic E-state index is 12.6. The molecule has 0 radical (unpaired) electrons. The molecule has 2 aromatic heterocycles. The number of hydrogen-bond donors (Lipinski definition) is 1. The Morgan fingerprint density at radius 1 is 0.829 bits per heavy atom. The van der Waals surface area contributed by atoms with Crippen LogP contribution in [0.5, 0.6) is 23.1 Å². The quantitative estimate of drug-likeness (QED) is 0.328. The standard InChI is InChI=1S/C27H21N5O3/c1-19-29-25(32-16-15-28-18-32)17-26(30-19)35-24-13-9-21(10-14-24)31-27(33)20-7-11-23(12-8-20)34-22-5-3-2-4-6-22/h2-18H,1H3,(H,31,33). The Hall–Kier alpha value is -4.98. The van der Waals surface area contributed by atoms with Crippen molar-refractivity contribution in [3.05, 3.63) is 115 Å². The molecule has 0 bridgehead atoms. The Labute approximate surface area is 201 Å². The summed E-state index contributed by atoms with van der Waals surface area (Å²) in [5.41, 5.74) is 1.17. The number of rotatable bonds is 7. The minimum atomic E-state index is -0.221. The lowest BCUT2D eigenvalue weighted by atomic mass is 10.2. The van der Waals surface area contributed by atoms with Gasteiger partial charge in [-0.2, -0.15) is 4.98 Å². The zero-order valence-electron chi connectivity index (χ0n) is 18.8. The van der Waals surface area contributed by atoms with Gasteiger partial charge in [-0.3, -0.25) is 9.36 Å². The Bertz CT molecular complexity index is 1420. The van der Waals surface area contributed by atoms with Gasteiger partial charge in [-0.05, 0) is 67.6 Å². The fraction of sp³-hybridized carbons (Fsp3) is 0.0370. The maximum Gasteiger partial charge on any atom is 0.255 e. The molecule has 0 saturated carbocycles. The van der Waals surface area contributed by atoms with Crippen molar-refractivity contribution in [1.29, 1.82) is 0 Å². The molecular weight excluding hydrogens is 442 g/mol. The number of carbonyl (C=O) groups excluding carboxylic acids is 1. The molecule has 0 aliphatic heterocycles.